The third-order valence-electron chi connectivity index (χ3n) is 2.34. The molecule has 0 unspecified atom stereocenters. The van der Waals surface area contributed by atoms with Crippen molar-refractivity contribution in [3.8, 4) is 0 Å². The van der Waals surface area contributed by atoms with E-state index in [9.17, 15) is 0 Å². The first-order valence-corrected chi connectivity index (χ1v) is 5.16. The van der Waals surface area contributed by atoms with Crippen LogP contribution in [0.15, 0.2) is 0 Å². The van der Waals surface area contributed by atoms with Gasteiger partial charge in [-0.05, 0) is 32.1 Å². The van der Waals surface area contributed by atoms with Crippen molar-refractivity contribution in [2.45, 2.75) is 59.5 Å². The zero-order valence-electron chi connectivity index (χ0n) is 9.22. The topological polar surface area (TPSA) is 3.24 Å². The van der Waals surface area contributed by atoms with E-state index in [1.165, 1.54) is 19.4 Å². The fourth-order valence-corrected chi connectivity index (χ4v) is 1.69. The van der Waals surface area contributed by atoms with Gasteiger partial charge in [-0.1, -0.05) is 20.8 Å². The molecule has 1 aliphatic carbocycles. The van der Waals surface area contributed by atoms with Crippen LogP contribution in [0.1, 0.15) is 47.5 Å². The summed E-state index contributed by atoms with van der Waals surface area (Å²) in [7, 11) is 0. The molecule has 0 spiro atoms. The molecule has 1 fully saturated rings. The molecule has 0 aromatic rings. The second-order valence-corrected chi connectivity index (χ2v) is 5.56. The average molecular weight is 169 g/mol. The molecule has 0 saturated heterocycles. The first-order chi connectivity index (χ1) is 5.40. The zero-order chi connectivity index (χ0) is 9.35. The molecule has 0 aliphatic heterocycles. The average Bonchev–Trinajstić information content (AvgIpc) is 2.61. The molecule has 0 radical (unpaired) electrons. The van der Waals surface area contributed by atoms with Crippen LogP contribution in [-0.4, -0.2) is 23.5 Å². The van der Waals surface area contributed by atoms with E-state index in [2.05, 4.69) is 39.5 Å². The molecule has 0 amide bonds. The van der Waals surface area contributed by atoms with Crippen molar-refractivity contribution >= 4 is 0 Å². The van der Waals surface area contributed by atoms with E-state index < -0.39 is 0 Å². The number of nitrogens with zero attached hydrogens (tertiary/aromatic N) is 1. The van der Waals surface area contributed by atoms with Crippen LogP contribution in [0.2, 0.25) is 0 Å². The summed E-state index contributed by atoms with van der Waals surface area (Å²) in [5.41, 5.74) is 0.451. The molecule has 1 nitrogen and oxygen atoms in total. The summed E-state index contributed by atoms with van der Waals surface area (Å²) in [6.45, 7) is 12.8. The van der Waals surface area contributed by atoms with E-state index in [-0.39, 0.29) is 0 Å². The van der Waals surface area contributed by atoms with Gasteiger partial charge in [0.25, 0.3) is 0 Å². The molecular weight excluding hydrogens is 146 g/mol. The molecule has 0 heterocycles. The predicted molar refractivity (Wildman–Crippen MR) is 54.3 cm³/mol. The van der Waals surface area contributed by atoms with Gasteiger partial charge in [0, 0.05) is 18.6 Å². The normalized spacial score (nSPS) is 19.2. The highest BCUT2D eigenvalue weighted by molar-refractivity contribution is 4.88. The second kappa shape index (κ2) is 3.37. The Morgan fingerprint density at radius 3 is 2.00 bits per heavy atom. The first kappa shape index (κ1) is 10.0. The zero-order valence-corrected chi connectivity index (χ0v) is 9.22. The van der Waals surface area contributed by atoms with Crippen LogP contribution in [0.25, 0.3) is 0 Å². The van der Waals surface area contributed by atoms with Crippen molar-refractivity contribution in [1.82, 2.24) is 4.90 Å². The van der Waals surface area contributed by atoms with Gasteiger partial charge < -0.3 is 0 Å². The molecule has 1 aliphatic rings. The Balaban J connectivity index is 2.43. The van der Waals surface area contributed by atoms with Crippen LogP contribution in [-0.2, 0) is 0 Å². The van der Waals surface area contributed by atoms with E-state index in [0.717, 1.165) is 12.1 Å². The van der Waals surface area contributed by atoms with Gasteiger partial charge in [0.05, 0.1) is 0 Å². The van der Waals surface area contributed by atoms with Crippen molar-refractivity contribution in [2.75, 3.05) is 6.54 Å². The summed E-state index contributed by atoms with van der Waals surface area (Å²) >= 11 is 0. The molecule has 72 valence electrons. The Labute approximate surface area is 77.1 Å². The van der Waals surface area contributed by atoms with Crippen molar-refractivity contribution in [1.29, 1.82) is 0 Å². The lowest BCUT2D eigenvalue weighted by Gasteiger charge is -2.33. The van der Waals surface area contributed by atoms with Crippen LogP contribution >= 0.6 is 0 Å². The Hall–Kier alpha value is -0.0400. The standard InChI is InChI=1S/C11H23N/c1-9(2)12(10-6-7-10)8-11(3,4)5/h9-10H,6-8H2,1-5H3. The highest BCUT2D eigenvalue weighted by Gasteiger charge is 2.32. The van der Waals surface area contributed by atoms with Gasteiger partial charge in [-0.3, -0.25) is 4.90 Å². The minimum absolute atomic E-state index is 0.451. The van der Waals surface area contributed by atoms with E-state index in [0.29, 0.717) is 5.41 Å². The highest BCUT2D eigenvalue weighted by atomic mass is 15.2. The minimum atomic E-state index is 0.451. The fraction of sp³-hybridized carbons (Fsp3) is 1.00. The summed E-state index contributed by atoms with van der Waals surface area (Å²) in [6.07, 6.45) is 2.85. The molecular formula is C11H23N. The number of hydrogen-bond donors (Lipinski definition) is 0. The van der Waals surface area contributed by atoms with E-state index in [4.69, 9.17) is 0 Å². The van der Waals surface area contributed by atoms with Gasteiger partial charge >= 0.3 is 0 Å². The summed E-state index contributed by atoms with van der Waals surface area (Å²) in [6, 6.07) is 1.63. The third-order valence-corrected chi connectivity index (χ3v) is 2.34. The van der Waals surface area contributed by atoms with E-state index in [1.54, 1.807) is 0 Å². The summed E-state index contributed by atoms with van der Waals surface area (Å²) < 4.78 is 0. The SMILES string of the molecule is CC(C)N(CC(C)(C)C)C1CC1. The molecule has 1 heteroatoms. The molecule has 1 saturated carbocycles. The van der Waals surface area contributed by atoms with Crippen LogP contribution in [0.3, 0.4) is 0 Å². The van der Waals surface area contributed by atoms with Crippen LogP contribution in [0.4, 0.5) is 0 Å². The van der Waals surface area contributed by atoms with Gasteiger partial charge in [0.1, 0.15) is 0 Å². The third kappa shape index (κ3) is 3.14. The maximum atomic E-state index is 2.65. The smallest absolute Gasteiger partial charge is 0.00993 e. The van der Waals surface area contributed by atoms with Gasteiger partial charge in [-0.15, -0.1) is 0 Å². The lowest BCUT2D eigenvalue weighted by Crippen LogP contribution is -2.39. The van der Waals surface area contributed by atoms with Gasteiger partial charge in [0.15, 0.2) is 0 Å². The number of hydrogen-bond acceptors (Lipinski definition) is 1. The first-order valence-electron chi connectivity index (χ1n) is 5.16. The van der Waals surface area contributed by atoms with Gasteiger partial charge in [-0.25, -0.2) is 0 Å². The highest BCUT2D eigenvalue weighted by Crippen LogP contribution is 2.31. The Kier molecular flexibility index (Phi) is 2.82. The molecule has 12 heavy (non-hydrogen) atoms. The van der Waals surface area contributed by atoms with Gasteiger partial charge in [0.2, 0.25) is 0 Å². The number of rotatable bonds is 3. The lowest BCUT2D eigenvalue weighted by molar-refractivity contribution is 0.146. The molecule has 0 aromatic carbocycles. The maximum Gasteiger partial charge on any atom is 0.00993 e. The van der Waals surface area contributed by atoms with Crippen molar-refractivity contribution in [2.24, 2.45) is 5.41 Å². The molecule has 0 bridgehead atoms. The van der Waals surface area contributed by atoms with E-state index >= 15 is 0 Å². The minimum Gasteiger partial charge on any atom is -0.297 e. The monoisotopic (exact) mass is 169 g/mol. The fourth-order valence-electron chi connectivity index (χ4n) is 1.69. The van der Waals surface area contributed by atoms with Crippen molar-refractivity contribution in [3.05, 3.63) is 0 Å². The molecule has 1 rings (SSSR count). The van der Waals surface area contributed by atoms with Crippen molar-refractivity contribution < 1.29 is 0 Å². The van der Waals surface area contributed by atoms with Crippen LogP contribution in [0.5, 0.6) is 0 Å². The molecule has 0 atom stereocenters. The largest absolute Gasteiger partial charge is 0.297 e. The van der Waals surface area contributed by atoms with Crippen LogP contribution in [0, 0.1) is 5.41 Å². The molecule has 0 aromatic heterocycles. The van der Waals surface area contributed by atoms with E-state index in [1.807, 2.05) is 0 Å². The second-order valence-electron chi connectivity index (χ2n) is 5.56. The van der Waals surface area contributed by atoms with Crippen LogP contribution < -0.4 is 0 Å². The maximum absolute atomic E-state index is 2.65. The summed E-state index contributed by atoms with van der Waals surface area (Å²) in [5, 5.41) is 0. The quantitative estimate of drug-likeness (QED) is 0.628. The lowest BCUT2D eigenvalue weighted by atomic mass is 9.95. The summed E-state index contributed by atoms with van der Waals surface area (Å²) in [5.74, 6) is 0. The Morgan fingerprint density at radius 2 is 1.75 bits per heavy atom. The van der Waals surface area contributed by atoms with Crippen molar-refractivity contribution in [3.63, 3.8) is 0 Å². The molecule has 0 N–H and O–H groups in total. The predicted octanol–water partition coefficient (Wildman–Crippen LogP) is 2.91. The summed E-state index contributed by atoms with van der Waals surface area (Å²) in [4.78, 5) is 2.65. The Morgan fingerprint density at radius 1 is 1.25 bits per heavy atom. The van der Waals surface area contributed by atoms with Gasteiger partial charge in [-0.2, -0.15) is 0 Å². The Bertz CT molecular complexity index is 138.